The highest BCUT2D eigenvalue weighted by Gasteiger charge is 2.74. The average molecular weight is 559 g/mol. The summed E-state index contributed by atoms with van der Waals surface area (Å²) in [7, 11) is 0. The summed E-state index contributed by atoms with van der Waals surface area (Å²) >= 11 is 0. The van der Waals surface area contributed by atoms with Gasteiger partial charge in [0.1, 0.15) is 23.1 Å². The van der Waals surface area contributed by atoms with Crippen molar-refractivity contribution in [3.8, 4) is 0 Å². The number of rotatable bonds is 5. The Morgan fingerprint density at radius 3 is 2.23 bits per heavy atom. The Balaban J connectivity index is 1.75. The standard InChI is InChI=1S/C32H46O8/c1-17(33)40-27(2,3)13-12-23(36)32(9,39)25-21(35)15-29(6)22-11-10-18-19(14-20(34)26(38)28(18,4)5)31(22,8)24(37)16-30(25,29)7/h10,12-13,19-22,25,34-35,39H,11,14-16H2,1-9H3/b13-12+/t19?,20?,21-,22?,25?,29+,30-,31+,32+/m1/s1. The summed E-state index contributed by atoms with van der Waals surface area (Å²) in [6.07, 6.45) is 3.55. The van der Waals surface area contributed by atoms with Gasteiger partial charge in [0.15, 0.2) is 11.6 Å². The molecule has 0 amide bonds. The Bertz CT molecular complexity index is 1210. The first-order valence-electron chi connectivity index (χ1n) is 14.4. The number of ether oxygens (including phenoxy) is 1. The summed E-state index contributed by atoms with van der Waals surface area (Å²) in [4.78, 5) is 52.1. The molecule has 0 saturated heterocycles. The summed E-state index contributed by atoms with van der Waals surface area (Å²) in [6.45, 7) is 15.4. The monoisotopic (exact) mass is 558 g/mol. The molecule has 0 radical (unpaired) electrons. The van der Waals surface area contributed by atoms with E-state index in [0.717, 1.165) is 5.57 Å². The summed E-state index contributed by atoms with van der Waals surface area (Å²) in [5.74, 6) is -2.85. The van der Waals surface area contributed by atoms with E-state index in [1.807, 2.05) is 27.7 Å². The molecule has 222 valence electrons. The van der Waals surface area contributed by atoms with Crippen LogP contribution in [0.4, 0.5) is 0 Å². The van der Waals surface area contributed by atoms with Crippen molar-refractivity contribution in [2.24, 2.45) is 39.4 Å². The second-order valence-corrected chi connectivity index (χ2v) is 14.8. The highest BCUT2D eigenvalue weighted by Crippen LogP contribution is 2.74. The van der Waals surface area contributed by atoms with Crippen LogP contribution in [-0.4, -0.2) is 62.0 Å². The van der Waals surface area contributed by atoms with E-state index in [2.05, 4.69) is 13.0 Å². The molecule has 8 nitrogen and oxygen atoms in total. The minimum absolute atomic E-state index is 0.0284. The molecule has 8 heteroatoms. The minimum Gasteiger partial charge on any atom is -0.456 e. The van der Waals surface area contributed by atoms with Crippen molar-refractivity contribution in [3.05, 3.63) is 23.8 Å². The molecule has 4 aliphatic rings. The highest BCUT2D eigenvalue weighted by atomic mass is 16.6. The molecule has 4 aliphatic carbocycles. The largest absolute Gasteiger partial charge is 0.456 e. The number of ketones is 3. The molecule has 0 aromatic rings. The van der Waals surface area contributed by atoms with E-state index in [1.165, 1.54) is 26.0 Å². The summed E-state index contributed by atoms with van der Waals surface area (Å²) in [5, 5.41) is 34.0. The average Bonchev–Trinajstić information content (AvgIpc) is 3.01. The molecule has 0 aromatic heterocycles. The zero-order chi connectivity index (χ0) is 30.4. The Hall–Kier alpha value is -2.16. The van der Waals surface area contributed by atoms with Crippen molar-refractivity contribution in [1.29, 1.82) is 0 Å². The molecule has 0 aromatic carbocycles. The molecule has 9 atom stereocenters. The molecule has 3 saturated carbocycles. The normalized spacial score (nSPS) is 42.4. The lowest BCUT2D eigenvalue weighted by molar-refractivity contribution is -0.183. The maximum Gasteiger partial charge on any atom is 0.303 e. The molecule has 4 unspecified atom stereocenters. The van der Waals surface area contributed by atoms with Gasteiger partial charge in [0.05, 0.1) is 6.10 Å². The van der Waals surface area contributed by atoms with E-state index in [-0.39, 0.29) is 36.2 Å². The third-order valence-corrected chi connectivity index (χ3v) is 11.5. The van der Waals surface area contributed by atoms with Crippen LogP contribution in [0, 0.1) is 39.4 Å². The highest BCUT2D eigenvalue weighted by molar-refractivity contribution is 5.98. The number of aliphatic hydroxyl groups is 3. The molecule has 4 rings (SSSR count). The van der Waals surface area contributed by atoms with E-state index in [9.17, 15) is 34.5 Å². The first kappa shape index (κ1) is 30.8. The lowest BCUT2D eigenvalue weighted by Crippen LogP contribution is -2.65. The number of fused-ring (bicyclic) bond motifs is 5. The second kappa shape index (κ2) is 9.17. The van der Waals surface area contributed by atoms with Crippen molar-refractivity contribution in [3.63, 3.8) is 0 Å². The lowest BCUT2D eigenvalue weighted by Gasteiger charge is -2.64. The van der Waals surface area contributed by atoms with Gasteiger partial charge < -0.3 is 20.1 Å². The van der Waals surface area contributed by atoms with Crippen molar-refractivity contribution < 1.29 is 39.2 Å². The van der Waals surface area contributed by atoms with Gasteiger partial charge in [-0.05, 0) is 88.7 Å². The number of hydrogen-bond acceptors (Lipinski definition) is 8. The number of allylic oxidation sites excluding steroid dienone is 2. The van der Waals surface area contributed by atoms with Crippen LogP contribution in [0.3, 0.4) is 0 Å². The molecule has 3 N–H and O–H groups in total. The second-order valence-electron chi connectivity index (χ2n) is 14.8. The van der Waals surface area contributed by atoms with Crippen molar-refractivity contribution in [1.82, 2.24) is 0 Å². The molecular weight excluding hydrogens is 512 g/mol. The smallest absolute Gasteiger partial charge is 0.303 e. The van der Waals surface area contributed by atoms with Gasteiger partial charge in [-0.15, -0.1) is 0 Å². The number of hydrogen-bond donors (Lipinski definition) is 3. The first-order valence-corrected chi connectivity index (χ1v) is 14.4. The predicted molar refractivity (Wildman–Crippen MR) is 148 cm³/mol. The van der Waals surface area contributed by atoms with Crippen LogP contribution >= 0.6 is 0 Å². The van der Waals surface area contributed by atoms with E-state index in [4.69, 9.17) is 4.74 Å². The van der Waals surface area contributed by atoms with E-state index >= 15 is 0 Å². The van der Waals surface area contributed by atoms with E-state index in [1.54, 1.807) is 13.8 Å². The minimum atomic E-state index is -1.99. The number of carbonyl (C=O) groups is 4. The zero-order valence-electron chi connectivity index (χ0n) is 25.3. The van der Waals surface area contributed by atoms with E-state index in [0.29, 0.717) is 12.8 Å². The topological polar surface area (TPSA) is 138 Å². The fourth-order valence-electron chi connectivity index (χ4n) is 9.40. The van der Waals surface area contributed by atoms with Gasteiger partial charge in [-0.3, -0.25) is 19.2 Å². The number of aliphatic hydroxyl groups excluding tert-OH is 2. The van der Waals surface area contributed by atoms with Gasteiger partial charge in [0.25, 0.3) is 0 Å². The summed E-state index contributed by atoms with van der Waals surface area (Å²) < 4.78 is 5.23. The van der Waals surface area contributed by atoms with Crippen LogP contribution in [0.5, 0.6) is 0 Å². The van der Waals surface area contributed by atoms with Crippen molar-refractivity contribution >= 4 is 23.3 Å². The van der Waals surface area contributed by atoms with Gasteiger partial charge in [-0.1, -0.05) is 32.4 Å². The van der Waals surface area contributed by atoms with Crippen LogP contribution in [0.2, 0.25) is 0 Å². The maximum atomic E-state index is 14.3. The fraction of sp³-hybridized carbons (Fsp3) is 0.750. The van der Waals surface area contributed by atoms with Crippen molar-refractivity contribution in [2.75, 3.05) is 0 Å². The van der Waals surface area contributed by atoms with Crippen LogP contribution in [0.1, 0.15) is 88.0 Å². The SMILES string of the molecule is CC(=O)OC(C)(C)/C=C/C(=O)[C@](C)(O)C1[C@H](O)C[C@@]2(C)C3CC=C4C(CC(O)C(=O)C4(C)C)[C@]3(C)C(=O)C[C@]12C. The Morgan fingerprint density at radius 1 is 1.05 bits per heavy atom. The number of esters is 1. The molecule has 40 heavy (non-hydrogen) atoms. The Kier molecular flexibility index (Phi) is 7.06. The Labute approximate surface area is 237 Å². The quantitative estimate of drug-likeness (QED) is 0.265. The molecular formula is C32H46O8. The van der Waals surface area contributed by atoms with Gasteiger partial charge >= 0.3 is 5.97 Å². The molecule has 0 bridgehead atoms. The maximum absolute atomic E-state index is 14.3. The summed E-state index contributed by atoms with van der Waals surface area (Å²) in [5.41, 5.74) is -5.43. The van der Waals surface area contributed by atoms with Crippen LogP contribution in [0.25, 0.3) is 0 Å². The molecule has 0 aliphatic heterocycles. The number of Topliss-reactive ketones (excluding diaryl/α,β-unsaturated/α-hetero) is 2. The molecule has 0 spiro atoms. The lowest BCUT2D eigenvalue weighted by atomic mass is 9.38. The predicted octanol–water partition coefficient (Wildman–Crippen LogP) is 3.50. The third kappa shape index (κ3) is 4.11. The van der Waals surface area contributed by atoms with Crippen LogP contribution in [-0.2, 0) is 23.9 Å². The van der Waals surface area contributed by atoms with Crippen LogP contribution < -0.4 is 0 Å². The first-order chi connectivity index (χ1) is 18.1. The zero-order valence-corrected chi connectivity index (χ0v) is 25.3. The fourth-order valence-corrected chi connectivity index (χ4v) is 9.40. The number of carbonyl (C=O) groups excluding carboxylic acids is 4. The van der Waals surface area contributed by atoms with Crippen molar-refractivity contribution in [2.45, 2.75) is 111 Å². The third-order valence-electron chi connectivity index (χ3n) is 11.5. The van der Waals surface area contributed by atoms with Gasteiger partial charge in [-0.25, -0.2) is 0 Å². The van der Waals surface area contributed by atoms with Crippen LogP contribution in [0.15, 0.2) is 23.8 Å². The van der Waals surface area contributed by atoms with Gasteiger partial charge in [0.2, 0.25) is 0 Å². The van der Waals surface area contributed by atoms with Gasteiger partial charge in [-0.2, -0.15) is 0 Å². The molecule has 0 heterocycles. The summed E-state index contributed by atoms with van der Waals surface area (Å²) in [6, 6.07) is 0. The van der Waals surface area contributed by atoms with Gasteiger partial charge in [0, 0.05) is 30.1 Å². The van der Waals surface area contributed by atoms with E-state index < -0.39 is 62.7 Å². The Morgan fingerprint density at radius 2 is 1.65 bits per heavy atom. The molecule has 3 fully saturated rings.